The Kier molecular flexibility index (Phi) is 10.3. The van der Waals surface area contributed by atoms with Crippen LogP contribution in [-0.2, 0) is 4.52 Å². The molecule has 1 N–H and O–H groups in total. The van der Waals surface area contributed by atoms with Crippen molar-refractivity contribution < 1.29 is 22.6 Å². The molecule has 0 saturated carbocycles. The fourth-order valence-electron chi connectivity index (χ4n) is 0.0518. The number of hydrogen-bond donors (Lipinski definition) is 1. The van der Waals surface area contributed by atoms with E-state index in [1.807, 2.05) is 0 Å². The molecule has 70 valence electrons. The van der Waals surface area contributed by atoms with Gasteiger partial charge in [0.1, 0.15) is 0 Å². The molecule has 1 atom stereocenters. The first-order valence-electron chi connectivity index (χ1n) is 3.11. The zero-order valence-corrected chi connectivity index (χ0v) is 7.40. The van der Waals surface area contributed by atoms with E-state index >= 15 is 0 Å². The largest absolute Gasteiger partial charge is 0.527 e. The van der Waals surface area contributed by atoms with Gasteiger partial charge in [-0.15, -0.1) is 13.2 Å². The molecule has 0 aliphatic rings. The maximum absolute atomic E-state index is 10.7. The van der Waals surface area contributed by atoms with Crippen molar-refractivity contribution >= 4 is 9.03 Å². The summed E-state index contributed by atoms with van der Waals surface area (Å²) in [6.07, 6.45) is -2.05. The molecule has 11 heavy (non-hydrogen) atoms. The number of rotatable bonds is 2. The molecule has 2 nitrogen and oxygen atoms in total. The molecule has 0 aromatic rings. The highest BCUT2D eigenvalue weighted by Gasteiger charge is 2.28. The maximum Gasteiger partial charge on any atom is 0.527 e. The lowest BCUT2D eigenvalue weighted by molar-refractivity contribution is -0.272. The van der Waals surface area contributed by atoms with Crippen LogP contribution in [0.2, 0.25) is 0 Å². The summed E-state index contributed by atoms with van der Waals surface area (Å²) < 4.78 is 34.9. The molecular weight excluding hydrogens is 180 g/mol. The molecule has 0 rings (SSSR count). The van der Waals surface area contributed by atoms with E-state index < -0.39 is 15.4 Å². The van der Waals surface area contributed by atoms with Crippen LogP contribution in [0.1, 0.15) is 26.7 Å². The van der Waals surface area contributed by atoms with Crippen molar-refractivity contribution in [2.24, 2.45) is 0 Å². The molecule has 0 saturated heterocycles. The first-order chi connectivity index (χ1) is 4.97. The molecule has 6 heteroatoms. The molecule has 0 amide bonds. The average Bonchev–Trinajstić information content (AvgIpc) is 1.86. The van der Waals surface area contributed by atoms with Crippen molar-refractivity contribution in [1.82, 2.24) is 0 Å². The summed E-state index contributed by atoms with van der Waals surface area (Å²) in [5.41, 5.74) is 0. The topological polar surface area (TPSA) is 29.5 Å². The Morgan fingerprint density at radius 3 is 1.64 bits per heavy atom. The minimum Gasteiger partial charge on any atom is -0.352 e. The lowest BCUT2D eigenvalue weighted by Crippen LogP contribution is -2.06. The summed E-state index contributed by atoms with van der Waals surface area (Å²) in [7, 11) is -1.52. The van der Waals surface area contributed by atoms with Crippen molar-refractivity contribution in [2.45, 2.75) is 33.1 Å². The third-order valence-electron chi connectivity index (χ3n) is 0.661. The van der Waals surface area contributed by atoms with Crippen LogP contribution in [0.5, 0.6) is 0 Å². The van der Waals surface area contributed by atoms with Crippen molar-refractivity contribution in [2.75, 3.05) is 0 Å². The lowest BCUT2D eigenvalue weighted by atomic mass is 10.4. The zero-order chi connectivity index (χ0) is 9.33. The average molecular weight is 192 g/mol. The van der Waals surface area contributed by atoms with E-state index in [-0.39, 0.29) is 0 Å². The molecule has 0 aromatic carbocycles. The Morgan fingerprint density at radius 1 is 1.27 bits per heavy atom. The Bertz CT molecular complexity index is 74.6. The molecule has 0 aliphatic heterocycles. The Labute approximate surface area is 65.7 Å². The third kappa shape index (κ3) is 25.4. The summed E-state index contributed by atoms with van der Waals surface area (Å²) in [6, 6.07) is 0. The van der Waals surface area contributed by atoms with E-state index in [0.29, 0.717) is 0 Å². The second kappa shape index (κ2) is 8.24. The molecule has 0 aromatic heterocycles. The SMILES string of the molecule is CCCC.OPOC(F)(F)F. The van der Waals surface area contributed by atoms with Gasteiger partial charge in [-0.1, -0.05) is 26.7 Å². The van der Waals surface area contributed by atoms with Crippen molar-refractivity contribution in [3.63, 3.8) is 0 Å². The highest BCUT2D eigenvalue weighted by molar-refractivity contribution is 7.25. The van der Waals surface area contributed by atoms with Crippen molar-refractivity contribution in [3.8, 4) is 0 Å². The summed E-state index contributed by atoms with van der Waals surface area (Å²) in [6.45, 7) is 4.36. The van der Waals surface area contributed by atoms with E-state index in [4.69, 9.17) is 4.89 Å². The van der Waals surface area contributed by atoms with Crippen LogP contribution in [0, 0.1) is 0 Å². The number of hydrogen-bond acceptors (Lipinski definition) is 2. The second-order valence-electron chi connectivity index (χ2n) is 1.64. The number of unbranched alkanes of at least 4 members (excludes halogenated alkanes) is 1. The van der Waals surface area contributed by atoms with Gasteiger partial charge in [-0.3, -0.25) is 0 Å². The smallest absolute Gasteiger partial charge is 0.352 e. The highest BCUT2D eigenvalue weighted by Crippen LogP contribution is 2.24. The van der Waals surface area contributed by atoms with Gasteiger partial charge < -0.3 is 4.89 Å². The van der Waals surface area contributed by atoms with Gasteiger partial charge in [0.05, 0.1) is 0 Å². The second-order valence-corrected chi connectivity index (χ2v) is 2.03. The van der Waals surface area contributed by atoms with Crippen LogP contribution in [0.25, 0.3) is 0 Å². The van der Waals surface area contributed by atoms with Crippen molar-refractivity contribution in [3.05, 3.63) is 0 Å². The summed E-state index contributed by atoms with van der Waals surface area (Å²) in [4.78, 5) is 7.49. The Hall–Kier alpha value is 0.140. The van der Waals surface area contributed by atoms with E-state index in [2.05, 4.69) is 18.4 Å². The predicted octanol–water partition coefficient (Wildman–Crippen LogP) is 2.83. The van der Waals surface area contributed by atoms with Crippen LogP contribution in [0.4, 0.5) is 13.2 Å². The van der Waals surface area contributed by atoms with Gasteiger partial charge >= 0.3 is 6.36 Å². The third-order valence-corrected chi connectivity index (χ3v) is 0.984. The first-order valence-corrected chi connectivity index (χ1v) is 3.97. The van der Waals surface area contributed by atoms with Gasteiger partial charge in [-0.25, -0.2) is 4.52 Å². The Balaban J connectivity index is 0. The zero-order valence-electron chi connectivity index (χ0n) is 6.40. The van der Waals surface area contributed by atoms with Crippen LogP contribution in [0.15, 0.2) is 0 Å². The fourth-order valence-corrected chi connectivity index (χ4v) is 0.155. The van der Waals surface area contributed by atoms with E-state index in [1.54, 1.807) is 0 Å². The molecule has 1 unspecified atom stereocenters. The van der Waals surface area contributed by atoms with Gasteiger partial charge in [0, 0.05) is 0 Å². The van der Waals surface area contributed by atoms with E-state index in [0.717, 1.165) is 0 Å². The number of alkyl halides is 3. The van der Waals surface area contributed by atoms with Crippen LogP contribution in [0.3, 0.4) is 0 Å². The quantitative estimate of drug-likeness (QED) is 0.681. The lowest BCUT2D eigenvalue weighted by Gasteiger charge is -1.99. The molecule has 0 fully saturated rings. The highest BCUT2D eigenvalue weighted by atomic mass is 31.1. The summed E-state index contributed by atoms with van der Waals surface area (Å²) in [5.74, 6) is 0. The minimum absolute atomic E-state index is 1.32. The van der Waals surface area contributed by atoms with Gasteiger partial charge in [0.25, 0.3) is 0 Å². The van der Waals surface area contributed by atoms with Gasteiger partial charge in [-0.2, -0.15) is 0 Å². The van der Waals surface area contributed by atoms with Crippen LogP contribution in [-0.4, -0.2) is 11.3 Å². The molecule has 0 radical (unpaired) electrons. The van der Waals surface area contributed by atoms with E-state index in [9.17, 15) is 13.2 Å². The molecule has 0 aliphatic carbocycles. The minimum atomic E-state index is -4.69. The van der Waals surface area contributed by atoms with Crippen molar-refractivity contribution in [1.29, 1.82) is 0 Å². The van der Waals surface area contributed by atoms with Gasteiger partial charge in [-0.05, 0) is 0 Å². The summed E-state index contributed by atoms with van der Waals surface area (Å²) in [5, 5.41) is 0. The molecule has 0 spiro atoms. The monoisotopic (exact) mass is 192 g/mol. The first kappa shape index (κ1) is 13.7. The van der Waals surface area contributed by atoms with E-state index in [1.165, 1.54) is 12.8 Å². The normalized spacial score (nSPS) is 11.5. The van der Waals surface area contributed by atoms with Crippen LogP contribution < -0.4 is 0 Å². The number of halogens is 3. The fraction of sp³-hybridized carbons (Fsp3) is 1.00. The molecule has 0 heterocycles. The molecular formula is C5H12F3O2P. The molecule has 0 bridgehead atoms. The predicted molar refractivity (Wildman–Crippen MR) is 38.3 cm³/mol. The van der Waals surface area contributed by atoms with Gasteiger partial charge in [0.2, 0.25) is 0 Å². The Morgan fingerprint density at radius 2 is 1.64 bits per heavy atom. The van der Waals surface area contributed by atoms with Gasteiger partial charge in [0.15, 0.2) is 9.03 Å². The van der Waals surface area contributed by atoms with Crippen LogP contribution >= 0.6 is 9.03 Å². The maximum atomic E-state index is 10.7. The standard InChI is InChI=1S/C4H10.CH2F3O2P/c1-3-4-2;2-1(3,4)6-7-5/h3-4H2,1-2H3;5,7H. The summed E-state index contributed by atoms with van der Waals surface area (Å²) >= 11 is 0.